The van der Waals surface area contributed by atoms with Gasteiger partial charge in [-0.25, -0.2) is 4.98 Å². The zero-order chi connectivity index (χ0) is 9.14. The van der Waals surface area contributed by atoms with Gasteiger partial charge in [-0.2, -0.15) is 0 Å². The van der Waals surface area contributed by atoms with Gasteiger partial charge in [0.25, 0.3) is 0 Å². The molecule has 0 saturated carbocycles. The number of pyridine rings is 1. The summed E-state index contributed by atoms with van der Waals surface area (Å²) in [6, 6.07) is 1.52. The molecule has 1 heterocycles. The molecule has 0 saturated heterocycles. The van der Waals surface area contributed by atoms with Crippen LogP contribution in [0.3, 0.4) is 0 Å². The van der Waals surface area contributed by atoms with Gasteiger partial charge in [0.15, 0.2) is 0 Å². The minimum Gasteiger partial charge on any atom is -0.423 e. The molecule has 6 N–H and O–H groups in total. The molecule has 0 aliphatic carbocycles. The molecular formula is C6H10BN3O2. The number of anilines is 1. The Morgan fingerprint density at radius 2 is 2.17 bits per heavy atom. The highest BCUT2D eigenvalue weighted by Gasteiger charge is 2.15. The molecule has 5 nitrogen and oxygen atoms in total. The second-order valence-electron chi connectivity index (χ2n) is 2.40. The van der Waals surface area contributed by atoms with Crippen LogP contribution in [0.5, 0.6) is 0 Å². The van der Waals surface area contributed by atoms with Gasteiger partial charge in [-0.1, -0.05) is 6.07 Å². The summed E-state index contributed by atoms with van der Waals surface area (Å²) in [5, 5.41) is 17.6. The first-order chi connectivity index (χ1) is 5.65. The maximum absolute atomic E-state index is 8.82. The monoisotopic (exact) mass is 167 g/mol. The number of hydrogen-bond donors (Lipinski definition) is 4. The Labute approximate surface area is 70.2 Å². The third-order valence-electron chi connectivity index (χ3n) is 1.52. The summed E-state index contributed by atoms with van der Waals surface area (Å²) in [5.41, 5.74) is 11.6. The molecule has 0 bridgehead atoms. The lowest BCUT2D eigenvalue weighted by atomic mass is 9.80. The first kappa shape index (κ1) is 8.99. The van der Waals surface area contributed by atoms with Crippen molar-refractivity contribution in [2.45, 2.75) is 6.54 Å². The first-order valence-electron chi connectivity index (χ1n) is 3.45. The molecule has 0 unspecified atom stereocenters. The predicted molar refractivity (Wildman–Crippen MR) is 46.4 cm³/mol. The van der Waals surface area contributed by atoms with Crippen LogP contribution in [0, 0.1) is 0 Å². The molecule has 0 atom stereocenters. The lowest BCUT2D eigenvalue weighted by molar-refractivity contribution is 0.426. The minimum atomic E-state index is -1.59. The molecule has 0 aliphatic rings. The smallest absolute Gasteiger partial charge is 0.423 e. The molecule has 64 valence electrons. The fourth-order valence-corrected chi connectivity index (χ4v) is 0.856. The molecule has 0 aliphatic heterocycles. The van der Waals surface area contributed by atoms with Crippen LogP contribution in [0.1, 0.15) is 5.56 Å². The van der Waals surface area contributed by atoms with E-state index in [9.17, 15) is 0 Å². The Balaban J connectivity index is 3.08. The van der Waals surface area contributed by atoms with Crippen LogP contribution in [0.25, 0.3) is 0 Å². The fraction of sp³-hybridized carbons (Fsp3) is 0.167. The van der Waals surface area contributed by atoms with E-state index in [0.29, 0.717) is 12.1 Å². The van der Waals surface area contributed by atoms with Crippen molar-refractivity contribution in [3.8, 4) is 0 Å². The van der Waals surface area contributed by atoms with Crippen LogP contribution in [-0.4, -0.2) is 22.2 Å². The summed E-state index contributed by atoms with van der Waals surface area (Å²) in [6.07, 6.45) is 1.50. The first-order valence-corrected chi connectivity index (χ1v) is 3.45. The molecule has 0 radical (unpaired) electrons. The molecule has 0 fully saturated rings. The van der Waals surface area contributed by atoms with Crippen LogP contribution in [0.2, 0.25) is 0 Å². The van der Waals surface area contributed by atoms with E-state index in [1.807, 2.05) is 0 Å². The standard InChI is InChI=1S/C6H10BN3O2/c8-2-4-1-5(7(11)12)6(9)10-3-4/h1,3,11-12H,2,8H2,(H2,9,10). The van der Waals surface area contributed by atoms with Gasteiger partial charge in [-0.3, -0.25) is 0 Å². The van der Waals surface area contributed by atoms with Crippen molar-refractivity contribution in [3.63, 3.8) is 0 Å². The third-order valence-corrected chi connectivity index (χ3v) is 1.52. The number of nitrogens with two attached hydrogens (primary N) is 2. The van der Waals surface area contributed by atoms with Crippen molar-refractivity contribution in [1.29, 1.82) is 0 Å². The van der Waals surface area contributed by atoms with E-state index in [1.165, 1.54) is 12.3 Å². The van der Waals surface area contributed by atoms with Gasteiger partial charge >= 0.3 is 7.12 Å². The van der Waals surface area contributed by atoms with E-state index in [1.54, 1.807) is 0 Å². The average molecular weight is 167 g/mol. The largest absolute Gasteiger partial charge is 0.492 e. The summed E-state index contributed by atoms with van der Waals surface area (Å²) < 4.78 is 0. The summed E-state index contributed by atoms with van der Waals surface area (Å²) in [5.74, 6) is 0.113. The molecule has 1 aromatic rings. The van der Waals surface area contributed by atoms with Crippen molar-refractivity contribution < 1.29 is 10.0 Å². The van der Waals surface area contributed by atoms with E-state index >= 15 is 0 Å². The second kappa shape index (κ2) is 3.53. The van der Waals surface area contributed by atoms with Gasteiger partial charge in [-0.15, -0.1) is 0 Å². The summed E-state index contributed by atoms with van der Waals surface area (Å²) >= 11 is 0. The quantitative estimate of drug-likeness (QED) is 0.374. The highest BCUT2D eigenvalue weighted by molar-refractivity contribution is 6.60. The molecular weight excluding hydrogens is 157 g/mol. The lowest BCUT2D eigenvalue weighted by Crippen LogP contribution is -2.33. The number of rotatable bonds is 2. The van der Waals surface area contributed by atoms with E-state index in [0.717, 1.165) is 0 Å². The van der Waals surface area contributed by atoms with Gasteiger partial charge < -0.3 is 21.5 Å². The van der Waals surface area contributed by atoms with Gasteiger partial charge in [0.2, 0.25) is 0 Å². The van der Waals surface area contributed by atoms with E-state index in [4.69, 9.17) is 21.5 Å². The van der Waals surface area contributed by atoms with Crippen molar-refractivity contribution in [2.75, 3.05) is 5.73 Å². The average Bonchev–Trinajstić information content (AvgIpc) is 2.05. The Hall–Kier alpha value is -1.11. The Bertz CT molecular complexity index is 279. The normalized spacial score (nSPS) is 9.92. The van der Waals surface area contributed by atoms with Crippen LogP contribution in [0.4, 0.5) is 5.82 Å². The van der Waals surface area contributed by atoms with Crippen LogP contribution >= 0.6 is 0 Å². The fourth-order valence-electron chi connectivity index (χ4n) is 0.856. The van der Waals surface area contributed by atoms with Crippen molar-refractivity contribution in [2.24, 2.45) is 5.73 Å². The predicted octanol–water partition coefficient (Wildman–Crippen LogP) is -2.20. The number of nitrogens with zero attached hydrogens (tertiary/aromatic N) is 1. The molecule has 0 amide bonds. The Kier molecular flexibility index (Phi) is 2.64. The van der Waals surface area contributed by atoms with Crippen LogP contribution < -0.4 is 16.9 Å². The topological polar surface area (TPSA) is 105 Å². The lowest BCUT2D eigenvalue weighted by Gasteiger charge is -2.04. The molecule has 1 rings (SSSR count). The van der Waals surface area contributed by atoms with Crippen LogP contribution in [0.15, 0.2) is 12.3 Å². The van der Waals surface area contributed by atoms with E-state index in [2.05, 4.69) is 4.98 Å². The Morgan fingerprint density at radius 1 is 1.50 bits per heavy atom. The SMILES string of the molecule is NCc1cnc(N)c(B(O)O)c1. The van der Waals surface area contributed by atoms with Gasteiger partial charge in [-0.05, 0) is 5.56 Å². The maximum atomic E-state index is 8.82. The third kappa shape index (κ3) is 1.73. The number of aromatic nitrogens is 1. The molecule has 12 heavy (non-hydrogen) atoms. The molecule has 0 aromatic carbocycles. The highest BCUT2D eigenvalue weighted by atomic mass is 16.4. The van der Waals surface area contributed by atoms with Gasteiger partial charge in [0.1, 0.15) is 5.82 Å². The number of nitrogen functional groups attached to an aromatic ring is 1. The maximum Gasteiger partial charge on any atom is 0.492 e. The molecule has 6 heteroatoms. The van der Waals surface area contributed by atoms with Gasteiger partial charge in [0, 0.05) is 18.2 Å². The molecule has 1 aromatic heterocycles. The van der Waals surface area contributed by atoms with E-state index in [-0.39, 0.29) is 11.3 Å². The number of hydrogen-bond acceptors (Lipinski definition) is 5. The summed E-state index contributed by atoms with van der Waals surface area (Å²) in [6.45, 7) is 0.299. The van der Waals surface area contributed by atoms with Crippen molar-refractivity contribution in [3.05, 3.63) is 17.8 Å². The summed E-state index contributed by atoms with van der Waals surface area (Å²) in [7, 11) is -1.59. The minimum absolute atomic E-state index is 0.113. The summed E-state index contributed by atoms with van der Waals surface area (Å²) in [4.78, 5) is 3.75. The molecule has 0 spiro atoms. The Morgan fingerprint density at radius 3 is 2.67 bits per heavy atom. The van der Waals surface area contributed by atoms with Crippen LogP contribution in [-0.2, 0) is 6.54 Å². The second-order valence-corrected chi connectivity index (χ2v) is 2.40. The zero-order valence-electron chi connectivity index (χ0n) is 6.44. The van der Waals surface area contributed by atoms with Crippen molar-refractivity contribution in [1.82, 2.24) is 4.98 Å². The van der Waals surface area contributed by atoms with Gasteiger partial charge in [0.05, 0.1) is 0 Å². The van der Waals surface area contributed by atoms with E-state index < -0.39 is 7.12 Å². The highest BCUT2D eigenvalue weighted by Crippen LogP contribution is 1.98. The zero-order valence-corrected chi connectivity index (χ0v) is 6.44. The van der Waals surface area contributed by atoms with Crippen molar-refractivity contribution >= 4 is 18.4 Å².